The van der Waals surface area contributed by atoms with E-state index in [0.717, 1.165) is 149 Å². The molecule has 1 rings (SSSR count). The van der Waals surface area contributed by atoms with Gasteiger partial charge >= 0.3 is 1030 Å². The molecule has 10 unspecified atom stereocenters. The monoisotopic (exact) mass is 3070 g/mol. The van der Waals surface area contributed by atoms with Gasteiger partial charge in [-0.1, -0.05) is 0 Å². The molecule has 0 saturated carbocycles. The zero-order chi connectivity index (χ0) is 91.1. The third-order valence-electron chi connectivity index (χ3n) is 14.1. The van der Waals surface area contributed by atoms with E-state index in [1.54, 1.807) is 0 Å². The molecule has 1 fully saturated rings. The van der Waals surface area contributed by atoms with Crippen LogP contribution in [0.4, 0.5) is 0 Å². The first kappa shape index (κ1) is 147. The van der Waals surface area contributed by atoms with E-state index in [0.29, 0.717) is 47.2 Å². The fraction of sp³-hybridized carbons (Fsp3) is 1.00. The molecule has 0 nitrogen and oxygen atoms in total. The van der Waals surface area contributed by atoms with Crippen LogP contribution in [0, 0.1) is 0 Å². The van der Waals surface area contributed by atoms with E-state index in [2.05, 4.69) is 462 Å². The standard InChI is InChI=1S/10C7H16S5.4Sb/c10*8-1-3-11-6-7(5-10)12-4-2-9;;;;/h10*7-10H,1-6H2;;;;/q;;;;;;;;;;4*+3/p-12. The Morgan fingerprint density at radius 2 is 0.419 bits per heavy atom. The van der Waals surface area contributed by atoms with Crippen molar-refractivity contribution in [3.8, 4) is 0 Å². The van der Waals surface area contributed by atoms with E-state index in [1.165, 1.54) is 201 Å². The molecule has 10 atom stereocenters. The van der Waals surface area contributed by atoms with E-state index in [-0.39, 0.29) is 0 Å². The van der Waals surface area contributed by atoms with Crippen molar-refractivity contribution in [2.24, 2.45) is 0 Å². The molecule has 1 aliphatic heterocycles. The van der Waals surface area contributed by atoms with Crippen molar-refractivity contribution in [3.63, 3.8) is 0 Å². The van der Waals surface area contributed by atoms with E-state index in [4.69, 9.17) is 12.6 Å². The Bertz CT molecular complexity index is 1920. The van der Waals surface area contributed by atoms with Crippen LogP contribution in [0.15, 0.2) is 0 Å². The molecule has 0 aromatic rings. The molecule has 1 aliphatic rings. The molecule has 748 valence electrons. The molecular weight excluding hydrogens is 2930 g/mol. The van der Waals surface area contributed by atoms with Gasteiger partial charge in [0.05, 0.1) is 0 Å². The van der Waals surface area contributed by atoms with Gasteiger partial charge in [-0.2, -0.15) is 0 Å². The fourth-order valence-corrected chi connectivity index (χ4v) is 146. The summed E-state index contributed by atoms with van der Waals surface area (Å²) in [5.41, 5.74) is 0. The normalized spacial score (nSPS) is 15.8. The van der Waals surface area contributed by atoms with Crippen molar-refractivity contribution in [2.75, 3.05) is 345 Å². The SMILES string of the molecule is SCCSC(CS)CSCC[S][Sb]([S]CCSCC(CS)SCCS)[S]CCSCC(CS)SCCS.SCCSC(CS)CSCC[S][Sb]([S]CCSCC(CS)SCCS)[S]CCSCC(CS)SCC[S][Sb]([S]CCSCC(CS)SCCS)[S]CCSCC(CS)SCCS.SCCSCC(CS)SCC[S][Sb]1[S]CCSC(CSCCS)C[S]1. The summed E-state index contributed by atoms with van der Waals surface area (Å²) in [6.45, 7) is 0. The molecule has 0 aromatic heterocycles. The van der Waals surface area contributed by atoms with Gasteiger partial charge in [-0.05, 0) is 0 Å². The summed E-state index contributed by atoms with van der Waals surface area (Å²) in [6, 6.07) is 0. The molecule has 0 N–H and O–H groups in total. The number of thiol groups is 18. The van der Waals surface area contributed by atoms with Gasteiger partial charge in [0, 0.05) is 0 Å². The van der Waals surface area contributed by atoms with Crippen LogP contribution >= 0.6 is 569 Å². The Kier molecular flexibility index (Phi) is 145. The summed E-state index contributed by atoms with van der Waals surface area (Å²) >= 11 is 117. The molecule has 54 heteroatoms. The summed E-state index contributed by atoms with van der Waals surface area (Å²) < 4.78 is 0. The number of rotatable bonds is 96. The molecule has 0 bridgehead atoms. The molecule has 124 heavy (non-hydrogen) atoms. The Morgan fingerprint density at radius 1 is 0.218 bits per heavy atom. The second-order valence-corrected chi connectivity index (χ2v) is 145. The van der Waals surface area contributed by atoms with Gasteiger partial charge in [-0.15, -0.1) is 0 Å². The summed E-state index contributed by atoms with van der Waals surface area (Å²) in [4.78, 5) is 0. The zero-order valence-electron chi connectivity index (χ0n) is 71.1. The number of hydrogen-bond acceptors (Lipinski definition) is 50. The Morgan fingerprint density at radius 3 is 0.645 bits per heavy atom. The van der Waals surface area contributed by atoms with Crippen LogP contribution in [0.5, 0.6) is 0 Å². The van der Waals surface area contributed by atoms with Crippen molar-refractivity contribution in [3.05, 3.63) is 0 Å². The minimum absolute atomic E-state index is 0.651. The predicted octanol–water partition coefficient (Wildman–Crippen LogP) is 27.8. The first-order valence-electron chi connectivity index (χ1n) is 40.5. The molecule has 0 amide bonds. The van der Waals surface area contributed by atoms with Gasteiger partial charge in [0.15, 0.2) is 0 Å². The summed E-state index contributed by atoms with van der Waals surface area (Å²) in [6.07, 6.45) is 0. The maximum atomic E-state index is 4.82. The van der Waals surface area contributed by atoms with E-state index in [9.17, 15) is 0 Å². The van der Waals surface area contributed by atoms with Crippen molar-refractivity contribution < 1.29 is 0 Å². The Hall–Kier alpha value is 20.8. The van der Waals surface area contributed by atoms with Gasteiger partial charge in [-0.25, -0.2) is 0 Å². The van der Waals surface area contributed by atoms with Crippen LogP contribution in [0.25, 0.3) is 0 Å². The average molecular weight is 3080 g/mol. The van der Waals surface area contributed by atoms with Gasteiger partial charge in [0.25, 0.3) is 0 Å². The third-order valence-corrected chi connectivity index (χ3v) is 152. The second-order valence-electron chi connectivity index (χ2n) is 24.2. The van der Waals surface area contributed by atoms with Crippen molar-refractivity contribution >= 4 is 633 Å². The van der Waals surface area contributed by atoms with E-state index in [1.807, 2.05) is 94.1 Å². The quantitative estimate of drug-likeness (QED) is 0.0159. The van der Waals surface area contributed by atoms with Crippen molar-refractivity contribution in [2.45, 2.75) is 52.5 Å². The first-order chi connectivity index (χ1) is 60.9. The second kappa shape index (κ2) is 122. The minimum atomic E-state index is -1.48. The summed E-state index contributed by atoms with van der Waals surface area (Å²) in [5.74, 6) is 70.1. The number of hydrogen-bond donors (Lipinski definition) is 18. The van der Waals surface area contributed by atoms with Crippen LogP contribution < -0.4 is 0 Å². The van der Waals surface area contributed by atoms with Gasteiger partial charge in [0.1, 0.15) is 0 Å². The van der Waals surface area contributed by atoms with Crippen molar-refractivity contribution in [1.29, 1.82) is 0 Å². The molecular formula is C70H148S50Sb4. The first-order valence-corrected chi connectivity index (χ1v) is 123. The average Bonchev–Trinajstić information content (AvgIpc) is 0.685. The van der Waals surface area contributed by atoms with Gasteiger partial charge < -0.3 is 0 Å². The van der Waals surface area contributed by atoms with Crippen LogP contribution in [0.2, 0.25) is 0 Å². The van der Waals surface area contributed by atoms with Crippen LogP contribution in [-0.2, 0) is 0 Å². The van der Waals surface area contributed by atoms with E-state index < -0.39 is 64.0 Å². The predicted molar refractivity (Wildman–Crippen MR) is 758 cm³/mol. The van der Waals surface area contributed by atoms with Crippen LogP contribution in [-0.4, -0.2) is 462 Å². The Labute approximate surface area is 1010 Å². The summed E-state index contributed by atoms with van der Waals surface area (Å²) in [7, 11) is 28.3. The third kappa shape index (κ3) is 103. The Balaban J connectivity index is 0. The molecule has 0 aliphatic carbocycles. The molecule has 1 saturated heterocycles. The van der Waals surface area contributed by atoms with Crippen LogP contribution in [0.1, 0.15) is 0 Å². The molecule has 0 radical (unpaired) electrons. The zero-order valence-corrected chi connectivity index (χ0v) is 124. The van der Waals surface area contributed by atoms with Crippen molar-refractivity contribution in [1.82, 2.24) is 0 Å². The molecule has 1 heterocycles. The summed E-state index contributed by atoms with van der Waals surface area (Å²) in [5, 5.41) is 6.84. The van der Waals surface area contributed by atoms with Crippen LogP contribution in [0.3, 0.4) is 0 Å². The van der Waals surface area contributed by atoms with Gasteiger partial charge in [-0.3, -0.25) is 0 Å². The topological polar surface area (TPSA) is 0 Å². The number of thioether (sulfide) groups is 20. The molecule has 0 spiro atoms. The molecule has 0 aromatic carbocycles. The van der Waals surface area contributed by atoms with E-state index >= 15 is 0 Å². The van der Waals surface area contributed by atoms with Gasteiger partial charge in [0.2, 0.25) is 0 Å². The fourth-order valence-electron chi connectivity index (χ4n) is 8.28. The maximum absolute atomic E-state index is 4.82.